The van der Waals surface area contributed by atoms with Crippen molar-refractivity contribution in [2.75, 3.05) is 13.2 Å². The molecule has 23 heavy (non-hydrogen) atoms. The van der Waals surface area contributed by atoms with Gasteiger partial charge in [0.25, 0.3) is 5.91 Å². The highest BCUT2D eigenvalue weighted by Gasteiger charge is 2.27. The highest BCUT2D eigenvalue weighted by Crippen LogP contribution is 2.33. The van der Waals surface area contributed by atoms with Gasteiger partial charge in [-0.3, -0.25) is 9.59 Å². The molecule has 1 fully saturated rings. The third-order valence-corrected chi connectivity index (χ3v) is 4.14. The summed E-state index contributed by atoms with van der Waals surface area (Å²) in [6.07, 6.45) is 3.47. The number of H-pyrrole nitrogens is 1. The fourth-order valence-electron chi connectivity index (χ4n) is 2.94. The Hall–Kier alpha value is -2.40. The Balaban J connectivity index is 1.64. The number of hydrogen-bond acceptors (Lipinski definition) is 3. The van der Waals surface area contributed by atoms with Crippen LogP contribution in [0.5, 0.6) is 0 Å². The molecule has 1 aromatic carbocycles. The van der Waals surface area contributed by atoms with E-state index in [1.807, 2.05) is 18.2 Å². The van der Waals surface area contributed by atoms with E-state index in [0.29, 0.717) is 12.1 Å². The van der Waals surface area contributed by atoms with E-state index in [2.05, 4.69) is 22.4 Å². The second-order valence-corrected chi connectivity index (χ2v) is 5.76. The van der Waals surface area contributed by atoms with E-state index in [0.717, 1.165) is 25.0 Å². The van der Waals surface area contributed by atoms with Crippen LogP contribution in [0, 0.1) is 5.92 Å². The molecule has 120 valence electrons. The molecular weight excluding hydrogens is 292 g/mol. The fraction of sp³-hybridized carbons (Fsp3) is 0.333. The lowest BCUT2D eigenvalue weighted by Gasteiger charge is -2.32. The Morgan fingerprint density at radius 1 is 1.22 bits per heavy atom. The number of ether oxygens (including phenoxy) is 1. The molecule has 3 rings (SSSR count). The number of rotatable bonds is 4. The third-order valence-electron chi connectivity index (χ3n) is 4.14. The van der Waals surface area contributed by atoms with Crippen molar-refractivity contribution in [3.63, 3.8) is 0 Å². The van der Waals surface area contributed by atoms with E-state index >= 15 is 0 Å². The lowest BCUT2D eigenvalue weighted by Crippen LogP contribution is -2.35. The summed E-state index contributed by atoms with van der Waals surface area (Å²) in [6, 6.07) is 13.0. The maximum atomic E-state index is 12.2. The van der Waals surface area contributed by atoms with Gasteiger partial charge in [0.05, 0.1) is 11.7 Å². The SMILES string of the molecule is O=C(NC[C@@H]1CCCO[C@H]1c1ccccc1)c1ccc(=O)[nH]c1. The van der Waals surface area contributed by atoms with Crippen LogP contribution in [0.1, 0.15) is 34.9 Å². The minimum atomic E-state index is -0.216. The number of aromatic nitrogens is 1. The van der Waals surface area contributed by atoms with Crippen LogP contribution < -0.4 is 10.9 Å². The molecule has 0 radical (unpaired) electrons. The third kappa shape index (κ3) is 3.87. The molecule has 0 bridgehead atoms. The van der Waals surface area contributed by atoms with E-state index in [1.54, 1.807) is 0 Å². The highest BCUT2D eigenvalue weighted by atomic mass is 16.5. The minimum absolute atomic E-state index is 0.0147. The molecule has 2 heterocycles. The van der Waals surface area contributed by atoms with Crippen LogP contribution in [0.2, 0.25) is 0 Å². The van der Waals surface area contributed by atoms with Gasteiger partial charge >= 0.3 is 0 Å². The lowest BCUT2D eigenvalue weighted by molar-refractivity contribution is -0.0272. The summed E-state index contributed by atoms with van der Waals surface area (Å²) in [5, 5.41) is 2.95. The van der Waals surface area contributed by atoms with Gasteiger partial charge in [0.1, 0.15) is 0 Å². The molecule has 2 aromatic rings. The molecule has 5 heteroatoms. The number of hydrogen-bond donors (Lipinski definition) is 2. The van der Waals surface area contributed by atoms with E-state index < -0.39 is 0 Å². The first kappa shape index (κ1) is 15.5. The largest absolute Gasteiger partial charge is 0.373 e. The van der Waals surface area contributed by atoms with Crippen molar-refractivity contribution < 1.29 is 9.53 Å². The molecule has 1 aliphatic heterocycles. The fourth-order valence-corrected chi connectivity index (χ4v) is 2.94. The second kappa shape index (κ2) is 7.24. The van der Waals surface area contributed by atoms with E-state index in [4.69, 9.17) is 4.74 Å². The van der Waals surface area contributed by atoms with Crippen molar-refractivity contribution in [2.24, 2.45) is 5.92 Å². The zero-order valence-corrected chi connectivity index (χ0v) is 12.8. The zero-order chi connectivity index (χ0) is 16.1. The summed E-state index contributed by atoms with van der Waals surface area (Å²) < 4.78 is 5.93. The summed E-state index contributed by atoms with van der Waals surface area (Å²) in [4.78, 5) is 25.7. The average Bonchev–Trinajstić information content (AvgIpc) is 2.61. The van der Waals surface area contributed by atoms with Gasteiger partial charge in [-0.1, -0.05) is 30.3 Å². The van der Waals surface area contributed by atoms with E-state index in [-0.39, 0.29) is 23.5 Å². The molecule has 1 aromatic heterocycles. The Morgan fingerprint density at radius 3 is 2.78 bits per heavy atom. The lowest BCUT2D eigenvalue weighted by atomic mass is 9.89. The molecule has 0 aliphatic carbocycles. The number of aromatic amines is 1. The van der Waals surface area contributed by atoms with Gasteiger partial charge in [0.15, 0.2) is 0 Å². The van der Waals surface area contributed by atoms with Crippen molar-refractivity contribution in [1.29, 1.82) is 0 Å². The Morgan fingerprint density at radius 2 is 2.04 bits per heavy atom. The summed E-state index contributed by atoms with van der Waals surface area (Å²) in [6.45, 7) is 1.31. The first-order chi connectivity index (χ1) is 11.2. The van der Waals surface area contributed by atoms with E-state index in [9.17, 15) is 9.59 Å². The van der Waals surface area contributed by atoms with Crippen LogP contribution in [0.4, 0.5) is 0 Å². The molecule has 0 spiro atoms. The molecule has 0 saturated carbocycles. The van der Waals surface area contributed by atoms with Crippen molar-refractivity contribution in [2.45, 2.75) is 18.9 Å². The quantitative estimate of drug-likeness (QED) is 0.910. The van der Waals surface area contributed by atoms with Crippen molar-refractivity contribution in [3.8, 4) is 0 Å². The number of pyridine rings is 1. The van der Waals surface area contributed by atoms with Gasteiger partial charge in [-0.15, -0.1) is 0 Å². The molecule has 2 N–H and O–H groups in total. The van der Waals surface area contributed by atoms with Gasteiger partial charge in [-0.05, 0) is 24.5 Å². The predicted octanol–water partition coefficient (Wildman–Crippen LogP) is 2.27. The van der Waals surface area contributed by atoms with Gasteiger partial charge in [-0.2, -0.15) is 0 Å². The number of benzene rings is 1. The Bertz CT molecular complexity index is 691. The van der Waals surface area contributed by atoms with Crippen LogP contribution >= 0.6 is 0 Å². The number of amides is 1. The summed E-state index contributed by atoms with van der Waals surface area (Å²) in [5.74, 6) is 0.0662. The maximum absolute atomic E-state index is 12.2. The second-order valence-electron chi connectivity index (χ2n) is 5.76. The first-order valence-corrected chi connectivity index (χ1v) is 7.87. The molecular formula is C18H20N2O3. The molecule has 5 nitrogen and oxygen atoms in total. The zero-order valence-electron chi connectivity index (χ0n) is 12.8. The van der Waals surface area contributed by atoms with Crippen LogP contribution in [-0.2, 0) is 4.74 Å². The smallest absolute Gasteiger partial charge is 0.252 e. The van der Waals surface area contributed by atoms with Crippen LogP contribution in [0.25, 0.3) is 0 Å². The van der Waals surface area contributed by atoms with Crippen LogP contribution in [0.15, 0.2) is 53.5 Å². The van der Waals surface area contributed by atoms with Crippen molar-refractivity contribution in [1.82, 2.24) is 10.3 Å². The standard InChI is InChI=1S/C18H20N2O3/c21-16-9-8-15(12-19-16)18(22)20-11-14-7-4-10-23-17(14)13-5-2-1-3-6-13/h1-3,5-6,8-9,12,14,17H,4,7,10-11H2,(H,19,21)(H,20,22)/t14-,17-/m0/s1. The number of carbonyl (C=O) groups excluding carboxylic acids is 1. The molecule has 2 atom stereocenters. The van der Waals surface area contributed by atoms with Crippen molar-refractivity contribution in [3.05, 3.63) is 70.1 Å². The molecule has 1 saturated heterocycles. The summed E-state index contributed by atoms with van der Waals surface area (Å²) in [5.41, 5.74) is 1.39. The van der Waals surface area contributed by atoms with Gasteiger partial charge < -0.3 is 15.0 Å². The predicted molar refractivity (Wildman–Crippen MR) is 87.3 cm³/mol. The van der Waals surface area contributed by atoms with Crippen LogP contribution in [-0.4, -0.2) is 24.0 Å². The maximum Gasteiger partial charge on any atom is 0.252 e. The highest BCUT2D eigenvalue weighted by molar-refractivity contribution is 5.93. The minimum Gasteiger partial charge on any atom is -0.373 e. The normalized spacial score (nSPS) is 20.9. The van der Waals surface area contributed by atoms with E-state index in [1.165, 1.54) is 18.3 Å². The molecule has 1 aliphatic rings. The number of nitrogens with one attached hydrogen (secondary N) is 2. The molecule has 0 unspecified atom stereocenters. The van der Waals surface area contributed by atoms with Gasteiger partial charge in [-0.25, -0.2) is 0 Å². The Kier molecular flexibility index (Phi) is 4.88. The molecule has 1 amide bonds. The summed E-state index contributed by atoms with van der Waals surface area (Å²) >= 11 is 0. The summed E-state index contributed by atoms with van der Waals surface area (Å²) in [7, 11) is 0. The topological polar surface area (TPSA) is 71.2 Å². The average molecular weight is 312 g/mol. The van der Waals surface area contributed by atoms with Gasteiger partial charge in [0.2, 0.25) is 5.56 Å². The van der Waals surface area contributed by atoms with Gasteiger partial charge in [0, 0.05) is 31.3 Å². The monoisotopic (exact) mass is 312 g/mol. The Labute approximate surface area is 134 Å². The number of carbonyl (C=O) groups is 1. The van der Waals surface area contributed by atoms with Crippen molar-refractivity contribution >= 4 is 5.91 Å². The first-order valence-electron chi connectivity index (χ1n) is 7.87. The van der Waals surface area contributed by atoms with Crippen LogP contribution in [0.3, 0.4) is 0 Å².